The molecule has 22 heavy (non-hydrogen) atoms. The van der Waals surface area contributed by atoms with E-state index in [-0.39, 0.29) is 5.41 Å². The molecule has 4 heteroatoms. The van der Waals surface area contributed by atoms with E-state index in [0.29, 0.717) is 0 Å². The Kier molecular flexibility index (Phi) is 3.71. The van der Waals surface area contributed by atoms with E-state index < -0.39 is 0 Å². The average molecular weight is 309 g/mol. The molecule has 2 N–H and O–H groups in total. The van der Waals surface area contributed by atoms with E-state index >= 15 is 0 Å². The molecule has 3 nitrogen and oxygen atoms in total. The van der Waals surface area contributed by atoms with Gasteiger partial charge in [-0.2, -0.15) is 0 Å². The maximum absolute atomic E-state index is 6.01. The van der Waals surface area contributed by atoms with Gasteiger partial charge in [0.05, 0.1) is 0 Å². The molecule has 0 atom stereocenters. The number of aromatic nitrogens is 2. The molecule has 0 amide bonds. The number of nitrogen functional groups attached to an aromatic ring is 1. The molecule has 3 rings (SSSR count). The molecule has 3 aromatic rings. The van der Waals surface area contributed by atoms with Crippen molar-refractivity contribution in [1.82, 2.24) is 10.2 Å². The van der Waals surface area contributed by atoms with Gasteiger partial charge in [0.1, 0.15) is 10.0 Å². The van der Waals surface area contributed by atoms with Crippen LogP contribution in [0.1, 0.15) is 26.3 Å². The zero-order valence-corrected chi connectivity index (χ0v) is 13.8. The summed E-state index contributed by atoms with van der Waals surface area (Å²) in [5.74, 6) is 0. The van der Waals surface area contributed by atoms with Crippen molar-refractivity contribution in [3.8, 4) is 21.1 Å². The van der Waals surface area contributed by atoms with Crippen LogP contribution in [-0.4, -0.2) is 10.2 Å². The highest BCUT2D eigenvalue weighted by molar-refractivity contribution is 7.18. The lowest BCUT2D eigenvalue weighted by molar-refractivity contribution is 0.590. The molecule has 0 saturated carbocycles. The van der Waals surface area contributed by atoms with Gasteiger partial charge in [-0.15, -0.1) is 10.2 Å². The number of nitrogens with zero attached hydrogens (tertiary/aromatic N) is 2. The molecule has 0 fully saturated rings. The zero-order valence-electron chi connectivity index (χ0n) is 13.0. The number of para-hydroxylation sites is 1. The molecule has 0 saturated heterocycles. The monoisotopic (exact) mass is 309 g/mol. The van der Waals surface area contributed by atoms with E-state index in [2.05, 4.69) is 55.2 Å². The molecule has 0 aliphatic rings. The number of hydrogen-bond acceptors (Lipinski definition) is 4. The molecule has 1 heterocycles. The fourth-order valence-electron chi connectivity index (χ4n) is 2.25. The molecular weight excluding hydrogens is 290 g/mol. The van der Waals surface area contributed by atoms with Gasteiger partial charge in [-0.1, -0.05) is 68.5 Å². The molecule has 0 bridgehead atoms. The van der Waals surface area contributed by atoms with Gasteiger partial charge in [0.2, 0.25) is 0 Å². The first-order valence-electron chi connectivity index (χ1n) is 7.24. The summed E-state index contributed by atoms with van der Waals surface area (Å²) in [5.41, 5.74) is 10.2. The van der Waals surface area contributed by atoms with Gasteiger partial charge < -0.3 is 5.73 Å². The molecule has 0 aliphatic carbocycles. The Labute approximate surface area is 134 Å². The van der Waals surface area contributed by atoms with Crippen LogP contribution in [-0.2, 0) is 5.41 Å². The van der Waals surface area contributed by atoms with Crippen LogP contribution in [0.15, 0.2) is 48.5 Å². The quantitative estimate of drug-likeness (QED) is 0.695. The second-order valence-electron chi connectivity index (χ2n) is 6.33. The smallest absolute Gasteiger partial charge is 0.150 e. The highest BCUT2D eigenvalue weighted by atomic mass is 32.1. The van der Waals surface area contributed by atoms with Gasteiger partial charge >= 0.3 is 0 Å². The predicted molar refractivity (Wildman–Crippen MR) is 93.9 cm³/mol. The summed E-state index contributed by atoms with van der Waals surface area (Å²) in [6.07, 6.45) is 0. The SMILES string of the molecule is CC(C)(C)c1ccc(-c2nnc(-c3ccccc3N)s2)cc1. The van der Waals surface area contributed by atoms with Crippen LogP contribution in [0.25, 0.3) is 21.1 Å². The summed E-state index contributed by atoms with van der Waals surface area (Å²) in [5, 5.41) is 10.4. The number of benzene rings is 2. The largest absolute Gasteiger partial charge is 0.398 e. The normalized spacial score (nSPS) is 11.6. The second kappa shape index (κ2) is 5.54. The Balaban J connectivity index is 1.93. The summed E-state index contributed by atoms with van der Waals surface area (Å²) in [4.78, 5) is 0. The number of rotatable bonds is 2. The highest BCUT2D eigenvalue weighted by Crippen LogP contribution is 2.33. The first-order chi connectivity index (χ1) is 10.4. The summed E-state index contributed by atoms with van der Waals surface area (Å²) < 4.78 is 0. The molecule has 2 aromatic carbocycles. The molecule has 0 unspecified atom stereocenters. The highest BCUT2D eigenvalue weighted by Gasteiger charge is 2.14. The van der Waals surface area contributed by atoms with Crippen molar-refractivity contribution >= 4 is 17.0 Å². The van der Waals surface area contributed by atoms with Crippen molar-refractivity contribution in [3.05, 3.63) is 54.1 Å². The topological polar surface area (TPSA) is 51.8 Å². The lowest BCUT2D eigenvalue weighted by Crippen LogP contribution is -2.10. The minimum Gasteiger partial charge on any atom is -0.398 e. The third-order valence-corrected chi connectivity index (χ3v) is 4.62. The van der Waals surface area contributed by atoms with Gasteiger partial charge in [0, 0.05) is 16.8 Å². The average Bonchev–Trinajstić information content (AvgIpc) is 2.96. The third kappa shape index (κ3) is 2.88. The fraction of sp³-hybridized carbons (Fsp3) is 0.222. The van der Waals surface area contributed by atoms with E-state index in [4.69, 9.17) is 5.73 Å². The zero-order chi connectivity index (χ0) is 15.7. The summed E-state index contributed by atoms with van der Waals surface area (Å²) in [6.45, 7) is 6.63. The maximum Gasteiger partial charge on any atom is 0.150 e. The maximum atomic E-state index is 6.01. The van der Waals surface area contributed by atoms with Crippen LogP contribution >= 0.6 is 11.3 Å². The van der Waals surface area contributed by atoms with Crippen LogP contribution in [0.4, 0.5) is 5.69 Å². The number of anilines is 1. The van der Waals surface area contributed by atoms with Gasteiger partial charge in [-0.25, -0.2) is 0 Å². The lowest BCUT2D eigenvalue weighted by atomic mass is 9.87. The molecule has 0 radical (unpaired) electrons. The van der Waals surface area contributed by atoms with Crippen LogP contribution < -0.4 is 5.73 Å². The predicted octanol–water partition coefficient (Wildman–Crippen LogP) is 4.75. The van der Waals surface area contributed by atoms with Crippen molar-refractivity contribution in [2.24, 2.45) is 0 Å². The van der Waals surface area contributed by atoms with Crippen LogP contribution in [0.5, 0.6) is 0 Å². The summed E-state index contributed by atoms with van der Waals surface area (Å²) in [7, 11) is 0. The fourth-order valence-corrected chi connectivity index (χ4v) is 3.15. The Bertz CT molecular complexity index is 783. The van der Waals surface area contributed by atoms with Crippen molar-refractivity contribution < 1.29 is 0 Å². The van der Waals surface area contributed by atoms with Crippen molar-refractivity contribution in [3.63, 3.8) is 0 Å². The Morgan fingerprint density at radius 3 is 2.14 bits per heavy atom. The minimum atomic E-state index is 0.156. The number of hydrogen-bond donors (Lipinski definition) is 1. The minimum absolute atomic E-state index is 0.156. The van der Waals surface area contributed by atoms with E-state index in [1.165, 1.54) is 5.56 Å². The third-order valence-electron chi connectivity index (χ3n) is 3.61. The number of nitrogens with two attached hydrogens (primary N) is 1. The van der Waals surface area contributed by atoms with Gasteiger partial charge in [0.15, 0.2) is 0 Å². The Hall–Kier alpha value is -2.20. The second-order valence-corrected chi connectivity index (χ2v) is 7.30. The molecule has 112 valence electrons. The van der Waals surface area contributed by atoms with Crippen molar-refractivity contribution in [1.29, 1.82) is 0 Å². The standard InChI is InChI=1S/C18H19N3S/c1-18(2,3)13-10-8-12(9-11-13)16-20-21-17(22-16)14-6-4-5-7-15(14)19/h4-11H,19H2,1-3H3. The lowest BCUT2D eigenvalue weighted by Gasteiger charge is -2.18. The molecule has 0 aliphatic heterocycles. The molecular formula is C18H19N3S. The van der Waals surface area contributed by atoms with E-state index in [1.807, 2.05) is 24.3 Å². The van der Waals surface area contributed by atoms with Crippen molar-refractivity contribution in [2.45, 2.75) is 26.2 Å². The van der Waals surface area contributed by atoms with Gasteiger partial charge in [-0.05, 0) is 23.1 Å². The first-order valence-corrected chi connectivity index (χ1v) is 8.06. The van der Waals surface area contributed by atoms with E-state index in [0.717, 1.165) is 26.8 Å². The Morgan fingerprint density at radius 1 is 0.864 bits per heavy atom. The summed E-state index contributed by atoms with van der Waals surface area (Å²) >= 11 is 1.56. The Morgan fingerprint density at radius 2 is 1.50 bits per heavy atom. The van der Waals surface area contributed by atoms with E-state index in [9.17, 15) is 0 Å². The molecule has 1 aromatic heterocycles. The van der Waals surface area contributed by atoms with Gasteiger partial charge in [0.25, 0.3) is 0 Å². The van der Waals surface area contributed by atoms with Crippen LogP contribution in [0.3, 0.4) is 0 Å². The summed E-state index contributed by atoms with van der Waals surface area (Å²) in [6, 6.07) is 16.3. The van der Waals surface area contributed by atoms with Crippen molar-refractivity contribution in [2.75, 3.05) is 5.73 Å². The van der Waals surface area contributed by atoms with E-state index in [1.54, 1.807) is 11.3 Å². The van der Waals surface area contributed by atoms with Crippen LogP contribution in [0.2, 0.25) is 0 Å². The van der Waals surface area contributed by atoms with Gasteiger partial charge in [-0.3, -0.25) is 0 Å². The van der Waals surface area contributed by atoms with Crippen LogP contribution in [0, 0.1) is 0 Å². The molecule has 0 spiro atoms. The first kappa shape index (κ1) is 14.7.